The van der Waals surface area contributed by atoms with Gasteiger partial charge in [-0.1, -0.05) is 6.92 Å². The van der Waals surface area contributed by atoms with Crippen LogP contribution in [0.4, 0.5) is 14.5 Å². The summed E-state index contributed by atoms with van der Waals surface area (Å²) in [5, 5.41) is 5.39. The maximum Gasteiger partial charge on any atom is 0.255 e. The summed E-state index contributed by atoms with van der Waals surface area (Å²) in [4.78, 5) is 11.6. The first-order valence-electron chi connectivity index (χ1n) is 5.95. The van der Waals surface area contributed by atoms with Gasteiger partial charge in [0, 0.05) is 17.8 Å². The third-order valence-corrected chi connectivity index (χ3v) is 2.47. The summed E-state index contributed by atoms with van der Waals surface area (Å²) in [5.41, 5.74) is 2.13. The van der Waals surface area contributed by atoms with Gasteiger partial charge in [0.25, 0.3) is 12.3 Å². The van der Waals surface area contributed by atoms with Crippen LogP contribution in [0, 0.1) is 6.92 Å². The van der Waals surface area contributed by atoms with Crippen molar-refractivity contribution in [2.45, 2.75) is 26.7 Å². The number of aryl methyl sites for hydroxylation is 1. The van der Waals surface area contributed by atoms with Crippen LogP contribution in [0.2, 0.25) is 0 Å². The van der Waals surface area contributed by atoms with E-state index >= 15 is 0 Å². The molecule has 1 rings (SSSR count). The molecule has 18 heavy (non-hydrogen) atoms. The minimum atomic E-state index is -2.53. The fraction of sp³-hybridized carbons (Fsp3) is 0.462. The van der Waals surface area contributed by atoms with Crippen molar-refractivity contribution in [1.82, 2.24) is 5.32 Å². The molecule has 5 heteroatoms. The van der Waals surface area contributed by atoms with Crippen LogP contribution in [-0.2, 0) is 0 Å². The molecule has 0 aliphatic heterocycles. The van der Waals surface area contributed by atoms with Gasteiger partial charge in [0.2, 0.25) is 0 Å². The van der Waals surface area contributed by atoms with Crippen molar-refractivity contribution in [2.24, 2.45) is 0 Å². The lowest BCUT2D eigenvalue weighted by Gasteiger charge is -2.10. The third-order valence-electron chi connectivity index (χ3n) is 2.47. The molecule has 2 N–H and O–H groups in total. The zero-order chi connectivity index (χ0) is 13.5. The average molecular weight is 256 g/mol. The normalized spacial score (nSPS) is 10.5. The second-order valence-corrected chi connectivity index (χ2v) is 4.06. The number of halogens is 2. The summed E-state index contributed by atoms with van der Waals surface area (Å²) in [6.07, 6.45) is -1.52. The van der Waals surface area contributed by atoms with E-state index in [1.54, 1.807) is 19.1 Å². The van der Waals surface area contributed by atoms with Gasteiger partial charge >= 0.3 is 0 Å². The monoisotopic (exact) mass is 256 g/mol. The molecular formula is C13H18F2N2O. The molecule has 0 heterocycles. The molecule has 0 fully saturated rings. The summed E-state index contributed by atoms with van der Waals surface area (Å²) in [5.74, 6) is -0.463. The fourth-order valence-electron chi connectivity index (χ4n) is 1.56. The number of nitrogens with one attached hydrogen (secondary N) is 2. The molecule has 1 aromatic carbocycles. The molecule has 0 aromatic heterocycles. The second-order valence-electron chi connectivity index (χ2n) is 4.06. The Bertz CT molecular complexity index is 408. The third kappa shape index (κ3) is 4.31. The van der Waals surface area contributed by atoms with Crippen LogP contribution < -0.4 is 10.6 Å². The lowest BCUT2D eigenvalue weighted by molar-refractivity contribution is 0.0891. The van der Waals surface area contributed by atoms with Crippen molar-refractivity contribution >= 4 is 11.6 Å². The Morgan fingerprint density at radius 1 is 1.39 bits per heavy atom. The van der Waals surface area contributed by atoms with Crippen molar-refractivity contribution in [3.8, 4) is 0 Å². The Kier molecular flexibility index (Phi) is 5.55. The van der Waals surface area contributed by atoms with Crippen molar-refractivity contribution in [1.29, 1.82) is 0 Å². The number of amides is 1. The van der Waals surface area contributed by atoms with E-state index < -0.39 is 18.9 Å². The van der Waals surface area contributed by atoms with Crippen molar-refractivity contribution < 1.29 is 13.6 Å². The largest absolute Gasteiger partial charge is 0.385 e. The zero-order valence-electron chi connectivity index (χ0n) is 10.6. The molecular weight excluding hydrogens is 238 g/mol. The molecule has 100 valence electrons. The van der Waals surface area contributed by atoms with Gasteiger partial charge in [0.1, 0.15) is 0 Å². The van der Waals surface area contributed by atoms with Gasteiger partial charge in [-0.05, 0) is 37.1 Å². The topological polar surface area (TPSA) is 41.1 Å². The highest BCUT2D eigenvalue weighted by Crippen LogP contribution is 2.15. The van der Waals surface area contributed by atoms with Crippen LogP contribution in [0.25, 0.3) is 0 Å². The van der Waals surface area contributed by atoms with Gasteiger partial charge in [0.05, 0.1) is 6.54 Å². The van der Waals surface area contributed by atoms with Gasteiger partial charge in [-0.2, -0.15) is 0 Å². The van der Waals surface area contributed by atoms with Crippen molar-refractivity contribution in [2.75, 3.05) is 18.4 Å². The molecule has 0 radical (unpaired) electrons. The maximum atomic E-state index is 12.0. The van der Waals surface area contributed by atoms with Crippen molar-refractivity contribution in [3.05, 3.63) is 29.3 Å². The minimum Gasteiger partial charge on any atom is -0.385 e. The van der Waals surface area contributed by atoms with E-state index in [9.17, 15) is 13.6 Å². The van der Waals surface area contributed by atoms with E-state index in [1.807, 2.05) is 6.07 Å². The number of hydrogen-bond acceptors (Lipinski definition) is 2. The summed E-state index contributed by atoms with van der Waals surface area (Å²) < 4.78 is 24.0. The highest BCUT2D eigenvalue weighted by Gasteiger charge is 2.11. The quantitative estimate of drug-likeness (QED) is 0.821. The number of anilines is 1. The van der Waals surface area contributed by atoms with Gasteiger partial charge in [-0.15, -0.1) is 0 Å². The second kappa shape index (κ2) is 6.93. The van der Waals surface area contributed by atoms with Crippen molar-refractivity contribution in [3.63, 3.8) is 0 Å². The maximum absolute atomic E-state index is 12.0. The Morgan fingerprint density at radius 2 is 2.11 bits per heavy atom. The Morgan fingerprint density at radius 3 is 2.67 bits per heavy atom. The van der Waals surface area contributed by atoms with E-state index in [2.05, 4.69) is 17.6 Å². The van der Waals surface area contributed by atoms with Gasteiger partial charge in [0.15, 0.2) is 0 Å². The molecule has 1 aromatic rings. The molecule has 1 amide bonds. The summed E-state index contributed by atoms with van der Waals surface area (Å²) in [7, 11) is 0. The first-order chi connectivity index (χ1) is 8.54. The standard InChI is InChI=1S/C13H18F2N2O/c1-3-6-16-10-4-5-11(9(2)7-10)13(18)17-8-12(14)15/h4-5,7,12,16H,3,6,8H2,1-2H3,(H,17,18). The number of carbonyl (C=O) groups is 1. The van der Waals surface area contributed by atoms with Crippen LogP contribution in [0.15, 0.2) is 18.2 Å². The molecule has 0 aliphatic rings. The van der Waals surface area contributed by atoms with E-state index in [0.29, 0.717) is 5.56 Å². The summed E-state index contributed by atoms with van der Waals surface area (Å²) >= 11 is 0. The highest BCUT2D eigenvalue weighted by atomic mass is 19.3. The minimum absolute atomic E-state index is 0.428. The Labute approximate surface area is 106 Å². The predicted octanol–water partition coefficient (Wildman–Crippen LogP) is 2.81. The van der Waals surface area contributed by atoms with E-state index in [4.69, 9.17) is 0 Å². The number of rotatable bonds is 6. The SMILES string of the molecule is CCCNc1ccc(C(=O)NCC(F)F)c(C)c1. The molecule has 0 bridgehead atoms. The van der Waals surface area contributed by atoms with E-state index in [1.165, 1.54) is 0 Å². The average Bonchev–Trinajstić information content (AvgIpc) is 2.33. The lowest BCUT2D eigenvalue weighted by Crippen LogP contribution is -2.29. The molecule has 0 atom stereocenters. The molecule has 0 saturated carbocycles. The van der Waals surface area contributed by atoms with Crippen LogP contribution in [0.5, 0.6) is 0 Å². The Balaban J connectivity index is 2.69. The first kappa shape index (κ1) is 14.4. The molecule has 0 unspecified atom stereocenters. The lowest BCUT2D eigenvalue weighted by atomic mass is 10.1. The first-order valence-corrected chi connectivity index (χ1v) is 5.95. The number of carbonyl (C=O) groups excluding carboxylic acids is 1. The number of hydrogen-bond donors (Lipinski definition) is 2. The van der Waals surface area contributed by atoms with Gasteiger partial charge < -0.3 is 10.6 Å². The predicted molar refractivity (Wildman–Crippen MR) is 68.3 cm³/mol. The highest BCUT2D eigenvalue weighted by molar-refractivity contribution is 5.96. The number of benzene rings is 1. The number of alkyl halides is 2. The van der Waals surface area contributed by atoms with Gasteiger partial charge in [-0.3, -0.25) is 4.79 Å². The summed E-state index contributed by atoms with van der Waals surface area (Å²) in [6, 6.07) is 5.26. The summed E-state index contributed by atoms with van der Waals surface area (Å²) in [6.45, 7) is 4.09. The van der Waals surface area contributed by atoms with Gasteiger partial charge in [-0.25, -0.2) is 8.78 Å². The molecule has 0 spiro atoms. The molecule has 0 aliphatic carbocycles. The van der Waals surface area contributed by atoms with Crippen LogP contribution >= 0.6 is 0 Å². The van der Waals surface area contributed by atoms with Crippen LogP contribution in [0.1, 0.15) is 29.3 Å². The van der Waals surface area contributed by atoms with Crippen LogP contribution in [0.3, 0.4) is 0 Å². The molecule has 0 saturated heterocycles. The molecule has 3 nitrogen and oxygen atoms in total. The fourth-order valence-corrected chi connectivity index (χ4v) is 1.56. The zero-order valence-corrected chi connectivity index (χ0v) is 10.6. The Hall–Kier alpha value is -1.65. The van der Waals surface area contributed by atoms with E-state index in [-0.39, 0.29) is 0 Å². The van der Waals surface area contributed by atoms with Crippen LogP contribution in [-0.4, -0.2) is 25.4 Å². The van der Waals surface area contributed by atoms with E-state index in [0.717, 1.165) is 24.2 Å². The smallest absolute Gasteiger partial charge is 0.255 e.